The molecule has 0 atom stereocenters. The minimum absolute atomic E-state index is 0.0589. The molecule has 0 bridgehead atoms. The van der Waals surface area contributed by atoms with E-state index in [0.717, 1.165) is 23.3 Å². The number of rotatable bonds is 4. The Morgan fingerprint density at radius 2 is 2.17 bits per heavy atom. The van der Waals surface area contributed by atoms with Crippen LogP contribution in [0.25, 0.3) is 6.08 Å². The first kappa shape index (κ1) is 15.2. The zero-order valence-corrected chi connectivity index (χ0v) is 12.9. The molecule has 23 heavy (non-hydrogen) atoms. The Labute approximate surface area is 133 Å². The van der Waals surface area contributed by atoms with Crippen molar-refractivity contribution in [2.45, 2.75) is 11.3 Å². The van der Waals surface area contributed by atoms with Gasteiger partial charge in [0.1, 0.15) is 10.6 Å². The molecule has 118 valence electrons. The number of hydrogen-bond donors (Lipinski definition) is 1. The summed E-state index contributed by atoms with van der Waals surface area (Å²) in [6, 6.07) is 8.42. The Hall–Kier alpha value is -2.67. The number of fused-ring (bicyclic) bond motifs is 1. The third-order valence-corrected chi connectivity index (χ3v) is 4.65. The van der Waals surface area contributed by atoms with Crippen molar-refractivity contribution in [2.24, 2.45) is 0 Å². The topological polar surface area (TPSA) is 85.4 Å². The van der Waals surface area contributed by atoms with Crippen molar-refractivity contribution >= 4 is 22.0 Å². The predicted octanol–water partition coefficient (Wildman–Crippen LogP) is 1.53. The van der Waals surface area contributed by atoms with Crippen molar-refractivity contribution in [2.75, 3.05) is 6.61 Å². The van der Waals surface area contributed by atoms with Crippen molar-refractivity contribution in [3.63, 3.8) is 0 Å². The maximum absolute atomic E-state index is 12.0. The predicted molar refractivity (Wildman–Crippen MR) is 84.2 cm³/mol. The molecule has 0 unspecified atom stereocenters. The molecule has 0 radical (unpaired) electrons. The Bertz CT molecular complexity index is 861. The first-order valence-electron chi connectivity index (χ1n) is 6.95. The Kier molecular flexibility index (Phi) is 4.12. The highest BCUT2D eigenvalue weighted by atomic mass is 32.2. The number of carbonyl (C=O) groups excluding carboxylic acids is 1. The molecule has 6 nitrogen and oxygen atoms in total. The third kappa shape index (κ3) is 3.57. The fourth-order valence-electron chi connectivity index (χ4n) is 2.21. The molecule has 0 saturated carbocycles. The number of carbonyl (C=O) groups is 1. The highest BCUT2D eigenvalue weighted by molar-refractivity contribution is 7.90. The van der Waals surface area contributed by atoms with Gasteiger partial charge in [0.05, 0.1) is 6.61 Å². The van der Waals surface area contributed by atoms with E-state index in [2.05, 4.69) is 4.98 Å². The van der Waals surface area contributed by atoms with Crippen LogP contribution in [0, 0.1) is 0 Å². The van der Waals surface area contributed by atoms with Crippen LogP contribution in [0.3, 0.4) is 0 Å². The molecule has 3 rings (SSSR count). The molecule has 0 fully saturated rings. The number of sulfonamides is 1. The lowest BCUT2D eigenvalue weighted by Gasteiger charge is -2.04. The van der Waals surface area contributed by atoms with Crippen LogP contribution in [-0.2, 0) is 21.2 Å². The second-order valence-electron chi connectivity index (χ2n) is 4.96. The van der Waals surface area contributed by atoms with Crippen LogP contribution in [0.15, 0.2) is 53.7 Å². The summed E-state index contributed by atoms with van der Waals surface area (Å²) in [6.07, 6.45) is 6.22. The highest BCUT2D eigenvalue weighted by Crippen LogP contribution is 2.26. The largest absolute Gasteiger partial charge is 0.493 e. The molecule has 1 aliphatic rings. The van der Waals surface area contributed by atoms with Gasteiger partial charge in [-0.2, -0.15) is 0 Å². The summed E-state index contributed by atoms with van der Waals surface area (Å²) < 4.78 is 31.4. The van der Waals surface area contributed by atoms with Gasteiger partial charge in [-0.3, -0.25) is 9.78 Å². The Morgan fingerprint density at radius 1 is 1.30 bits per heavy atom. The molecule has 1 amide bonds. The summed E-state index contributed by atoms with van der Waals surface area (Å²) in [5.41, 5.74) is 1.89. The number of benzene rings is 1. The highest BCUT2D eigenvalue weighted by Gasteiger charge is 2.16. The van der Waals surface area contributed by atoms with Crippen LogP contribution < -0.4 is 9.46 Å². The van der Waals surface area contributed by atoms with E-state index in [0.29, 0.717) is 6.61 Å². The number of pyridine rings is 1. The lowest BCUT2D eigenvalue weighted by atomic mass is 10.1. The lowest BCUT2D eigenvalue weighted by molar-refractivity contribution is -0.114. The van der Waals surface area contributed by atoms with Crippen molar-refractivity contribution in [3.05, 3.63) is 59.9 Å². The third-order valence-electron chi connectivity index (χ3n) is 3.32. The standard InChI is InChI=1S/C16H14N2O4S/c19-16(18-23(20,21)14-2-1-8-17-11-14)6-4-12-3-5-15-13(10-12)7-9-22-15/h1-6,8,10-11H,7,9H2,(H,18,19)/b6-4+. The quantitative estimate of drug-likeness (QED) is 0.860. The molecular formula is C16H14N2O4S. The summed E-state index contributed by atoms with van der Waals surface area (Å²) in [5, 5.41) is 0. The normalized spacial score (nSPS) is 13.6. The molecule has 1 N–H and O–H groups in total. The van der Waals surface area contributed by atoms with E-state index in [1.165, 1.54) is 30.6 Å². The van der Waals surface area contributed by atoms with Crippen molar-refractivity contribution in [3.8, 4) is 5.75 Å². The molecule has 0 aliphatic carbocycles. The van der Waals surface area contributed by atoms with E-state index in [9.17, 15) is 13.2 Å². The molecule has 1 aromatic heterocycles. The van der Waals surface area contributed by atoms with Gasteiger partial charge in [-0.05, 0) is 41.5 Å². The Morgan fingerprint density at radius 3 is 2.96 bits per heavy atom. The second-order valence-corrected chi connectivity index (χ2v) is 6.64. The summed E-state index contributed by atoms with van der Waals surface area (Å²) in [5.74, 6) is 0.136. The molecule has 0 spiro atoms. The van der Waals surface area contributed by atoms with Gasteiger partial charge >= 0.3 is 0 Å². The molecular weight excluding hydrogens is 316 g/mol. The van der Waals surface area contributed by atoms with Crippen LogP contribution in [0.2, 0.25) is 0 Å². The van der Waals surface area contributed by atoms with Gasteiger partial charge in [0, 0.05) is 24.9 Å². The SMILES string of the molecule is O=C(/C=C/c1ccc2c(c1)CCO2)NS(=O)(=O)c1cccnc1. The van der Waals surface area contributed by atoms with Crippen LogP contribution in [0.5, 0.6) is 5.75 Å². The zero-order chi connectivity index (χ0) is 16.3. The molecule has 2 heterocycles. The van der Waals surface area contributed by atoms with Gasteiger partial charge in [-0.1, -0.05) is 6.07 Å². The van der Waals surface area contributed by atoms with Crippen LogP contribution in [-0.4, -0.2) is 25.9 Å². The number of ether oxygens (including phenoxy) is 1. The van der Waals surface area contributed by atoms with Gasteiger partial charge in [-0.15, -0.1) is 0 Å². The number of hydrogen-bond acceptors (Lipinski definition) is 5. The maximum atomic E-state index is 12.0. The van der Waals surface area contributed by atoms with Crippen LogP contribution >= 0.6 is 0 Å². The van der Waals surface area contributed by atoms with E-state index < -0.39 is 15.9 Å². The molecule has 2 aromatic rings. The monoisotopic (exact) mass is 330 g/mol. The average molecular weight is 330 g/mol. The maximum Gasteiger partial charge on any atom is 0.265 e. The van der Waals surface area contributed by atoms with Gasteiger partial charge in [0.2, 0.25) is 0 Å². The average Bonchev–Trinajstić information content (AvgIpc) is 3.01. The van der Waals surface area contributed by atoms with Crippen molar-refractivity contribution in [1.82, 2.24) is 9.71 Å². The summed E-state index contributed by atoms with van der Waals surface area (Å²) in [4.78, 5) is 15.5. The zero-order valence-electron chi connectivity index (χ0n) is 12.1. The summed E-state index contributed by atoms with van der Waals surface area (Å²) in [7, 11) is -3.91. The van der Waals surface area contributed by atoms with E-state index in [1.54, 1.807) is 6.08 Å². The number of aromatic nitrogens is 1. The molecule has 0 saturated heterocycles. The fourth-order valence-corrected chi connectivity index (χ4v) is 3.12. The van der Waals surface area contributed by atoms with Gasteiger partial charge in [0.15, 0.2) is 0 Å². The second kappa shape index (κ2) is 6.21. The number of nitrogens with zero attached hydrogens (tertiary/aromatic N) is 1. The molecule has 1 aliphatic heterocycles. The van der Waals surface area contributed by atoms with Gasteiger partial charge in [-0.25, -0.2) is 13.1 Å². The minimum atomic E-state index is -3.91. The summed E-state index contributed by atoms with van der Waals surface area (Å²) in [6.45, 7) is 0.659. The van der Waals surface area contributed by atoms with Gasteiger partial charge in [0.25, 0.3) is 15.9 Å². The van der Waals surface area contributed by atoms with E-state index >= 15 is 0 Å². The first-order chi connectivity index (χ1) is 11.0. The van der Waals surface area contributed by atoms with E-state index in [4.69, 9.17) is 4.74 Å². The van der Waals surface area contributed by atoms with Crippen molar-refractivity contribution in [1.29, 1.82) is 0 Å². The van der Waals surface area contributed by atoms with Crippen LogP contribution in [0.1, 0.15) is 11.1 Å². The Balaban J connectivity index is 1.70. The van der Waals surface area contributed by atoms with Crippen LogP contribution in [0.4, 0.5) is 0 Å². The van der Waals surface area contributed by atoms with E-state index in [-0.39, 0.29) is 4.90 Å². The lowest BCUT2D eigenvalue weighted by Crippen LogP contribution is -2.29. The smallest absolute Gasteiger partial charge is 0.265 e. The van der Waals surface area contributed by atoms with Crippen molar-refractivity contribution < 1.29 is 17.9 Å². The number of amides is 1. The van der Waals surface area contributed by atoms with E-state index in [1.807, 2.05) is 22.9 Å². The molecule has 7 heteroatoms. The fraction of sp³-hybridized carbons (Fsp3) is 0.125. The summed E-state index contributed by atoms with van der Waals surface area (Å²) >= 11 is 0. The molecule has 1 aromatic carbocycles. The number of nitrogens with one attached hydrogen (secondary N) is 1. The minimum Gasteiger partial charge on any atom is -0.493 e. The van der Waals surface area contributed by atoms with Gasteiger partial charge < -0.3 is 4.74 Å². The first-order valence-corrected chi connectivity index (χ1v) is 8.43.